The van der Waals surface area contributed by atoms with Gasteiger partial charge in [0.05, 0.1) is 0 Å². The summed E-state index contributed by atoms with van der Waals surface area (Å²) in [7, 11) is 0. The van der Waals surface area contributed by atoms with Crippen LogP contribution in [-0.4, -0.2) is 9.55 Å². The molecule has 0 bridgehead atoms. The van der Waals surface area contributed by atoms with Gasteiger partial charge in [-0.05, 0) is 48.7 Å². The molecule has 3 aromatic rings. The molecule has 1 fully saturated rings. The first-order valence-electron chi connectivity index (χ1n) is 9.25. The Morgan fingerprint density at radius 1 is 1.04 bits per heavy atom. The Kier molecular flexibility index (Phi) is 4.93. The largest absolute Gasteiger partial charge is 0.355 e. The zero-order chi connectivity index (χ0) is 17.1. The maximum absolute atomic E-state index is 5.95. The van der Waals surface area contributed by atoms with Crippen molar-refractivity contribution in [2.75, 3.05) is 5.32 Å². The Morgan fingerprint density at radius 3 is 2.72 bits per heavy atom. The van der Waals surface area contributed by atoms with Crippen LogP contribution >= 0.6 is 11.6 Å². The van der Waals surface area contributed by atoms with Crippen LogP contribution in [0, 0.1) is 5.92 Å². The second kappa shape index (κ2) is 7.49. The standard InChI is InChI=1S/C21H24ClN3/c22-21-15-19(8-11-23-21)24-18-6-7-20-17(14-18)10-13-25(20)12-9-16-4-2-1-3-5-16/h6-8,10-11,13-16H,1-5,9,12H2,(H,23,24). The van der Waals surface area contributed by atoms with E-state index in [4.69, 9.17) is 11.6 Å². The summed E-state index contributed by atoms with van der Waals surface area (Å²) < 4.78 is 2.40. The quantitative estimate of drug-likeness (QED) is 0.537. The van der Waals surface area contributed by atoms with Crippen molar-refractivity contribution < 1.29 is 0 Å². The Morgan fingerprint density at radius 2 is 1.88 bits per heavy atom. The fourth-order valence-electron chi connectivity index (χ4n) is 3.92. The van der Waals surface area contributed by atoms with Gasteiger partial charge < -0.3 is 9.88 Å². The molecule has 4 rings (SSSR count). The lowest BCUT2D eigenvalue weighted by Crippen LogP contribution is -2.09. The third-order valence-electron chi connectivity index (χ3n) is 5.29. The Hall–Kier alpha value is -2.00. The van der Waals surface area contributed by atoms with Crippen LogP contribution in [0.25, 0.3) is 10.9 Å². The van der Waals surface area contributed by atoms with Gasteiger partial charge in [0, 0.05) is 41.2 Å². The van der Waals surface area contributed by atoms with Crippen LogP contribution in [0.2, 0.25) is 5.15 Å². The van der Waals surface area contributed by atoms with E-state index in [0.717, 1.165) is 23.8 Å². The highest BCUT2D eigenvalue weighted by molar-refractivity contribution is 6.29. The van der Waals surface area contributed by atoms with Gasteiger partial charge in [-0.25, -0.2) is 4.98 Å². The summed E-state index contributed by atoms with van der Waals surface area (Å²) in [4.78, 5) is 4.02. The molecule has 0 saturated heterocycles. The first-order valence-corrected chi connectivity index (χ1v) is 9.63. The Labute approximate surface area is 154 Å². The highest BCUT2D eigenvalue weighted by Crippen LogP contribution is 2.28. The fraction of sp³-hybridized carbons (Fsp3) is 0.381. The summed E-state index contributed by atoms with van der Waals surface area (Å²) >= 11 is 5.95. The minimum atomic E-state index is 0.500. The van der Waals surface area contributed by atoms with E-state index in [1.807, 2.05) is 12.1 Å². The van der Waals surface area contributed by atoms with Crippen molar-refractivity contribution in [1.29, 1.82) is 0 Å². The van der Waals surface area contributed by atoms with E-state index in [2.05, 4.69) is 45.3 Å². The number of anilines is 2. The molecule has 130 valence electrons. The van der Waals surface area contributed by atoms with Gasteiger partial charge in [-0.15, -0.1) is 0 Å². The van der Waals surface area contributed by atoms with Crippen molar-refractivity contribution in [1.82, 2.24) is 9.55 Å². The molecule has 2 aromatic heterocycles. The van der Waals surface area contributed by atoms with Gasteiger partial charge in [0.25, 0.3) is 0 Å². The number of rotatable bonds is 5. The number of nitrogens with zero attached hydrogens (tertiary/aromatic N) is 2. The van der Waals surface area contributed by atoms with Crippen molar-refractivity contribution in [3.8, 4) is 0 Å². The number of pyridine rings is 1. The second-order valence-electron chi connectivity index (χ2n) is 7.07. The van der Waals surface area contributed by atoms with Crippen LogP contribution in [-0.2, 0) is 6.54 Å². The fourth-order valence-corrected chi connectivity index (χ4v) is 4.09. The van der Waals surface area contributed by atoms with E-state index in [9.17, 15) is 0 Å². The molecule has 2 heterocycles. The molecule has 4 heteroatoms. The number of aryl methyl sites for hydroxylation is 1. The summed E-state index contributed by atoms with van der Waals surface area (Å²) in [5.74, 6) is 0.920. The van der Waals surface area contributed by atoms with E-state index < -0.39 is 0 Å². The van der Waals surface area contributed by atoms with Crippen molar-refractivity contribution in [3.63, 3.8) is 0 Å². The van der Waals surface area contributed by atoms with E-state index >= 15 is 0 Å². The number of aromatic nitrogens is 2. The van der Waals surface area contributed by atoms with Gasteiger partial charge >= 0.3 is 0 Å². The topological polar surface area (TPSA) is 29.9 Å². The molecule has 0 aliphatic heterocycles. The molecule has 0 radical (unpaired) electrons. The molecular weight excluding hydrogens is 330 g/mol. The third kappa shape index (κ3) is 3.98. The predicted octanol–water partition coefficient (Wildman–Crippen LogP) is 6.40. The van der Waals surface area contributed by atoms with E-state index in [1.54, 1.807) is 6.20 Å². The van der Waals surface area contributed by atoms with Crippen LogP contribution in [0.5, 0.6) is 0 Å². The summed E-state index contributed by atoms with van der Waals surface area (Å²) in [5, 5.41) is 5.17. The maximum Gasteiger partial charge on any atom is 0.131 e. The van der Waals surface area contributed by atoms with Crippen LogP contribution < -0.4 is 5.32 Å². The third-order valence-corrected chi connectivity index (χ3v) is 5.50. The van der Waals surface area contributed by atoms with Crippen LogP contribution in [0.15, 0.2) is 48.8 Å². The van der Waals surface area contributed by atoms with Gasteiger partial charge in [0.15, 0.2) is 0 Å². The average molecular weight is 354 g/mol. The number of hydrogen-bond acceptors (Lipinski definition) is 2. The first-order chi connectivity index (χ1) is 12.3. The number of halogens is 1. The van der Waals surface area contributed by atoms with Gasteiger partial charge in [-0.2, -0.15) is 0 Å². The van der Waals surface area contributed by atoms with Gasteiger partial charge in [0.1, 0.15) is 5.15 Å². The molecule has 1 saturated carbocycles. The normalized spacial score (nSPS) is 15.6. The molecule has 0 unspecified atom stereocenters. The van der Waals surface area contributed by atoms with Crippen molar-refractivity contribution >= 4 is 33.9 Å². The molecule has 1 aliphatic rings. The summed E-state index contributed by atoms with van der Waals surface area (Å²) in [6, 6.07) is 12.5. The second-order valence-corrected chi connectivity index (χ2v) is 7.45. The SMILES string of the molecule is Clc1cc(Nc2ccc3c(ccn3CCC3CCCCC3)c2)ccn1. The molecule has 3 nitrogen and oxygen atoms in total. The number of fused-ring (bicyclic) bond motifs is 1. The number of nitrogens with one attached hydrogen (secondary N) is 1. The molecule has 1 aromatic carbocycles. The lowest BCUT2D eigenvalue weighted by molar-refractivity contribution is 0.325. The Balaban J connectivity index is 1.46. The molecule has 25 heavy (non-hydrogen) atoms. The van der Waals surface area contributed by atoms with Crippen molar-refractivity contribution in [2.45, 2.75) is 45.1 Å². The molecular formula is C21H24ClN3. The lowest BCUT2D eigenvalue weighted by atomic mass is 9.87. The zero-order valence-electron chi connectivity index (χ0n) is 14.4. The van der Waals surface area contributed by atoms with Crippen LogP contribution in [0.3, 0.4) is 0 Å². The van der Waals surface area contributed by atoms with Gasteiger partial charge in [-0.3, -0.25) is 0 Å². The molecule has 0 spiro atoms. The number of benzene rings is 1. The highest BCUT2D eigenvalue weighted by Gasteiger charge is 2.13. The monoisotopic (exact) mass is 353 g/mol. The first kappa shape index (κ1) is 16.5. The van der Waals surface area contributed by atoms with Gasteiger partial charge in [0.2, 0.25) is 0 Å². The van der Waals surface area contributed by atoms with E-state index in [-0.39, 0.29) is 0 Å². The highest BCUT2D eigenvalue weighted by atomic mass is 35.5. The van der Waals surface area contributed by atoms with Crippen LogP contribution in [0.1, 0.15) is 38.5 Å². The summed E-state index contributed by atoms with van der Waals surface area (Å²) in [6.45, 7) is 1.13. The predicted molar refractivity (Wildman–Crippen MR) is 106 cm³/mol. The molecule has 1 N–H and O–H groups in total. The molecule has 1 aliphatic carbocycles. The Bertz CT molecular complexity index is 849. The smallest absolute Gasteiger partial charge is 0.131 e. The van der Waals surface area contributed by atoms with E-state index in [1.165, 1.54) is 49.4 Å². The van der Waals surface area contributed by atoms with Gasteiger partial charge in [-0.1, -0.05) is 43.7 Å². The minimum absolute atomic E-state index is 0.500. The molecule has 0 atom stereocenters. The lowest BCUT2D eigenvalue weighted by Gasteiger charge is -2.21. The summed E-state index contributed by atoms with van der Waals surface area (Å²) in [6.07, 6.45) is 12.4. The van der Waals surface area contributed by atoms with E-state index in [0.29, 0.717) is 5.15 Å². The summed E-state index contributed by atoms with van der Waals surface area (Å²) in [5.41, 5.74) is 3.34. The van der Waals surface area contributed by atoms with Crippen molar-refractivity contribution in [3.05, 3.63) is 53.9 Å². The number of hydrogen-bond donors (Lipinski definition) is 1. The zero-order valence-corrected chi connectivity index (χ0v) is 15.2. The average Bonchev–Trinajstić information content (AvgIpc) is 3.03. The maximum atomic E-state index is 5.95. The minimum Gasteiger partial charge on any atom is -0.355 e. The van der Waals surface area contributed by atoms with Crippen LogP contribution in [0.4, 0.5) is 11.4 Å². The van der Waals surface area contributed by atoms with Crippen molar-refractivity contribution in [2.24, 2.45) is 5.92 Å². The molecule has 0 amide bonds.